The van der Waals surface area contributed by atoms with Crippen LogP contribution in [0.4, 0.5) is 0 Å². The second kappa shape index (κ2) is 9.76. The van der Waals surface area contributed by atoms with Gasteiger partial charge in [-0.05, 0) is 43.9 Å². The predicted octanol–water partition coefficient (Wildman–Crippen LogP) is 4.65. The maximum absolute atomic E-state index is 2.43. The second-order valence-electron chi connectivity index (χ2n) is 4.80. The molecule has 18 heavy (non-hydrogen) atoms. The van der Waals surface area contributed by atoms with Crippen molar-refractivity contribution in [3.8, 4) is 0 Å². The monoisotopic (exact) mass is 245 g/mol. The van der Waals surface area contributed by atoms with E-state index in [2.05, 4.69) is 61.4 Å². The van der Waals surface area contributed by atoms with Crippen molar-refractivity contribution in [2.24, 2.45) is 0 Å². The number of nitrogens with zero attached hydrogens (tertiary/aromatic N) is 1. The van der Waals surface area contributed by atoms with E-state index in [9.17, 15) is 0 Å². The fourth-order valence-electron chi connectivity index (χ4n) is 2.13. The Morgan fingerprint density at radius 1 is 1.00 bits per heavy atom. The topological polar surface area (TPSA) is 3.24 Å². The molecule has 0 unspecified atom stereocenters. The highest BCUT2D eigenvalue weighted by atomic mass is 15.1. The van der Waals surface area contributed by atoms with Crippen LogP contribution in [0.3, 0.4) is 0 Å². The van der Waals surface area contributed by atoms with Crippen molar-refractivity contribution in [1.29, 1.82) is 0 Å². The number of hydrogen-bond acceptors (Lipinski definition) is 1. The van der Waals surface area contributed by atoms with E-state index >= 15 is 0 Å². The van der Waals surface area contributed by atoms with E-state index in [0.717, 1.165) is 0 Å². The van der Waals surface area contributed by atoms with E-state index in [-0.39, 0.29) is 0 Å². The summed E-state index contributed by atoms with van der Waals surface area (Å²) in [5.74, 6) is 0. The molecule has 0 saturated carbocycles. The molecule has 1 nitrogen and oxygen atoms in total. The van der Waals surface area contributed by atoms with Crippen molar-refractivity contribution in [2.45, 2.75) is 46.0 Å². The van der Waals surface area contributed by atoms with Gasteiger partial charge in [0.05, 0.1) is 0 Å². The predicted molar refractivity (Wildman–Crippen MR) is 80.7 cm³/mol. The van der Waals surface area contributed by atoms with Crippen LogP contribution in [0.1, 0.15) is 45.1 Å². The van der Waals surface area contributed by atoms with Gasteiger partial charge in [-0.25, -0.2) is 0 Å². The molecule has 1 heteroatoms. The highest BCUT2D eigenvalue weighted by molar-refractivity contribution is 5.14. The number of allylic oxidation sites excluding steroid dienone is 1. The van der Waals surface area contributed by atoms with Crippen LogP contribution in [0.2, 0.25) is 0 Å². The zero-order valence-electron chi connectivity index (χ0n) is 11.9. The molecule has 0 amide bonds. The normalized spacial score (nSPS) is 11.0. The van der Waals surface area contributed by atoms with Gasteiger partial charge in [0, 0.05) is 13.1 Å². The molecule has 0 saturated heterocycles. The third kappa shape index (κ3) is 6.48. The summed E-state index contributed by atoms with van der Waals surface area (Å²) in [5.41, 5.74) is 1.45. The molecule has 0 bridgehead atoms. The molecule has 0 aliphatic heterocycles. The Morgan fingerprint density at radius 2 is 1.67 bits per heavy atom. The van der Waals surface area contributed by atoms with Crippen LogP contribution < -0.4 is 0 Å². The molecule has 0 N–H and O–H groups in total. The Balaban J connectivity index is 2.19. The molecule has 1 aromatic rings. The molecule has 0 atom stereocenters. The van der Waals surface area contributed by atoms with E-state index in [0.29, 0.717) is 0 Å². The summed E-state index contributed by atoms with van der Waals surface area (Å²) in [4.78, 5) is 2.43. The minimum Gasteiger partial charge on any atom is -0.378 e. The fourth-order valence-corrected chi connectivity index (χ4v) is 2.13. The smallest absolute Gasteiger partial charge is 0.0169 e. The summed E-state index contributed by atoms with van der Waals surface area (Å²) >= 11 is 0. The van der Waals surface area contributed by atoms with E-state index in [1.165, 1.54) is 50.8 Å². The van der Waals surface area contributed by atoms with E-state index in [1.807, 2.05) is 0 Å². The number of rotatable bonds is 9. The standard InChI is InChI=1S/C17H27N/c1-3-14-18(15-4-2)16-10-6-9-13-17-11-7-5-8-12-17/h5,7-8,10-12,16H,3-4,6,9,13-15H2,1-2H3. The molecule has 0 fully saturated rings. The Hall–Kier alpha value is -1.24. The molecule has 0 spiro atoms. The molecule has 1 aromatic carbocycles. The quantitative estimate of drug-likeness (QED) is 0.573. The number of aryl methyl sites for hydroxylation is 1. The first-order chi connectivity index (χ1) is 8.86. The van der Waals surface area contributed by atoms with Crippen molar-refractivity contribution < 1.29 is 0 Å². The van der Waals surface area contributed by atoms with Gasteiger partial charge in [-0.2, -0.15) is 0 Å². The Morgan fingerprint density at radius 3 is 2.28 bits per heavy atom. The van der Waals surface area contributed by atoms with Crippen LogP contribution >= 0.6 is 0 Å². The highest BCUT2D eigenvalue weighted by Crippen LogP contribution is 2.05. The maximum atomic E-state index is 2.43. The van der Waals surface area contributed by atoms with Gasteiger partial charge in [0.25, 0.3) is 0 Å². The minimum atomic E-state index is 1.18. The zero-order chi connectivity index (χ0) is 13.1. The summed E-state index contributed by atoms with van der Waals surface area (Å²) in [5, 5.41) is 0. The van der Waals surface area contributed by atoms with Gasteiger partial charge in [-0.15, -0.1) is 0 Å². The average Bonchev–Trinajstić information content (AvgIpc) is 2.40. The summed E-state index contributed by atoms with van der Waals surface area (Å²) in [6.45, 7) is 6.85. The Bertz CT molecular complexity index is 310. The largest absolute Gasteiger partial charge is 0.378 e. The second-order valence-corrected chi connectivity index (χ2v) is 4.80. The van der Waals surface area contributed by atoms with Crippen molar-refractivity contribution in [3.63, 3.8) is 0 Å². The van der Waals surface area contributed by atoms with Crippen LogP contribution in [0.25, 0.3) is 0 Å². The van der Waals surface area contributed by atoms with Gasteiger partial charge in [0.2, 0.25) is 0 Å². The lowest BCUT2D eigenvalue weighted by atomic mass is 10.1. The van der Waals surface area contributed by atoms with Crippen molar-refractivity contribution in [3.05, 3.63) is 48.2 Å². The maximum Gasteiger partial charge on any atom is 0.0169 e. The highest BCUT2D eigenvalue weighted by Gasteiger charge is 1.95. The van der Waals surface area contributed by atoms with Crippen LogP contribution in [0.5, 0.6) is 0 Å². The van der Waals surface area contributed by atoms with Gasteiger partial charge >= 0.3 is 0 Å². The number of benzene rings is 1. The Kier molecular flexibility index (Phi) is 8.03. The van der Waals surface area contributed by atoms with Gasteiger partial charge in [0.15, 0.2) is 0 Å². The Labute approximate surface area is 113 Å². The van der Waals surface area contributed by atoms with E-state index in [4.69, 9.17) is 0 Å². The van der Waals surface area contributed by atoms with Crippen molar-refractivity contribution in [2.75, 3.05) is 13.1 Å². The minimum absolute atomic E-state index is 1.18. The van der Waals surface area contributed by atoms with Crippen LogP contribution in [0.15, 0.2) is 42.6 Å². The van der Waals surface area contributed by atoms with Crippen molar-refractivity contribution >= 4 is 0 Å². The first-order valence-electron chi connectivity index (χ1n) is 7.31. The zero-order valence-corrected chi connectivity index (χ0v) is 11.9. The van der Waals surface area contributed by atoms with Gasteiger partial charge in [-0.3, -0.25) is 0 Å². The third-order valence-electron chi connectivity index (χ3n) is 3.02. The molecular formula is C17H27N. The van der Waals surface area contributed by atoms with Crippen LogP contribution in [-0.2, 0) is 6.42 Å². The molecule has 0 heterocycles. The summed E-state index contributed by atoms with van der Waals surface area (Å²) < 4.78 is 0. The molecule has 0 aliphatic rings. The molecule has 0 aliphatic carbocycles. The first kappa shape index (κ1) is 14.8. The fraction of sp³-hybridized carbons (Fsp3) is 0.529. The average molecular weight is 245 g/mol. The molecule has 100 valence electrons. The SMILES string of the molecule is CCCN(C=CCCCc1ccccc1)CCC. The molecular weight excluding hydrogens is 218 g/mol. The van der Waals surface area contributed by atoms with Gasteiger partial charge in [0.1, 0.15) is 0 Å². The van der Waals surface area contributed by atoms with Crippen LogP contribution in [0, 0.1) is 0 Å². The van der Waals surface area contributed by atoms with E-state index < -0.39 is 0 Å². The van der Waals surface area contributed by atoms with E-state index in [1.54, 1.807) is 0 Å². The number of unbranched alkanes of at least 4 members (excludes halogenated alkanes) is 1. The van der Waals surface area contributed by atoms with Crippen LogP contribution in [-0.4, -0.2) is 18.0 Å². The lowest BCUT2D eigenvalue weighted by Gasteiger charge is -2.18. The lowest BCUT2D eigenvalue weighted by molar-refractivity contribution is 0.374. The first-order valence-corrected chi connectivity index (χ1v) is 7.31. The summed E-state index contributed by atoms with van der Waals surface area (Å²) in [6.07, 6.45) is 10.7. The van der Waals surface area contributed by atoms with Gasteiger partial charge in [-0.1, -0.05) is 50.3 Å². The van der Waals surface area contributed by atoms with Gasteiger partial charge < -0.3 is 4.90 Å². The summed E-state index contributed by atoms with van der Waals surface area (Å²) in [6, 6.07) is 10.7. The molecule has 0 aromatic heterocycles. The molecule has 1 rings (SSSR count). The van der Waals surface area contributed by atoms with Crippen molar-refractivity contribution in [1.82, 2.24) is 4.90 Å². The number of hydrogen-bond donors (Lipinski definition) is 0. The lowest BCUT2D eigenvalue weighted by Crippen LogP contribution is -2.18. The summed E-state index contributed by atoms with van der Waals surface area (Å²) in [7, 11) is 0. The molecule has 0 radical (unpaired) electrons. The third-order valence-corrected chi connectivity index (χ3v) is 3.02.